The van der Waals surface area contributed by atoms with Crippen LogP contribution in [0.3, 0.4) is 0 Å². The van der Waals surface area contributed by atoms with Gasteiger partial charge in [-0.2, -0.15) is 0 Å². The maximum absolute atomic E-state index is 6.12. The zero-order valence-corrected chi connectivity index (χ0v) is 13.5. The number of nitrogens with one attached hydrogen (secondary N) is 1. The van der Waals surface area contributed by atoms with E-state index in [1.165, 1.54) is 19.3 Å². The lowest BCUT2D eigenvalue weighted by Crippen LogP contribution is -2.37. The summed E-state index contributed by atoms with van der Waals surface area (Å²) in [5, 5.41) is 3.53. The van der Waals surface area contributed by atoms with Crippen LogP contribution in [0.15, 0.2) is 0 Å². The van der Waals surface area contributed by atoms with Gasteiger partial charge in [-0.15, -0.1) is 0 Å². The van der Waals surface area contributed by atoms with Gasteiger partial charge in [0.25, 0.3) is 0 Å². The molecule has 0 spiro atoms. The van der Waals surface area contributed by atoms with Crippen molar-refractivity contribution in [3.8, 4) is 0 Å². The summed E-state index contributed by atoms with van der Waals surface area (Å²) in [6.07, 6.45) is 5.47. The largest absolute Gasteiger partial charge is 0.381 e. The van der Waals surface area contributed by atoms with Gasteiger partial charge in [0, 0.05) is 19.1 Å². The van der Waals surface area contributed by atoms with Crippen molar-refractivity contribution < 1.29 is 9.47 Å². The number of hydrogen-bond donors (Lipinski definition) is 1. The Labute approximate surface area is 119 Å². The molecule has 1 rings (SSSR count). The summed E-state index contributed by atoms with van der Waals surface area (Å²) in [5.74, 6) is 0.706. The van der Waals surface area contributed by atoms with Crippen LogP contribution in [0.4, 0.5) is 0 Å². The molecule has 0 aromatic carbocycles. The van der Waals surface area contributed by atoms with E-state index < -0.39 is 0 Å². The number of ether oxygens (including phenoxy) is 2. The fourth-order valence-corrected chi connectivity index (χ4v) is 2.56. The van der Waals surface area contributed by atoms with E-state index in [0.29, 0.717) is 18.1 Å². The van der Waals surface area contributed by atoms with E-state index in [9.17, 15) is 0 Å². The van der Waals surface area contributed by atoms with Gasteiger partial charge in [-0.25, -0.2) is 0 Å². The molecule has 3 heteroatoms. The monoisotopic (exact) mass is 271 g/mol. The molecule has 1 aliphatic carbocycles. The van der Waals surface area contributed by atoms with Crippen LogP contribution in [0.25, 0.3) is 0 Å². The summed E-state index contributed by atoms with van der Waals surface area (Å²) < 4.78 is 11.6. The maximum atomic E-state index is 6.12. The predicted octanol–water partition coefficient (Wildman–Crippen LogP) is 3.23. The van der Waals surface area contributed by atoms with Gasteiger partial charge in [-0.05, 0) is 38.1 Å². The van der Waals surface area contributed by atoms with E-state index in [1.807, 2.05) is 7.11 Å². The molecule has 19 heavy (non-hydrogen) atoms. The van der Waals surface area contributed by atoms with Crippen LogP contribution in [0.2, 0.25) is 0 Å². The Hall–Kier alpha value is -0.120. The summed E-state index contributed by atoms with van der Waals surface area (Å²) in [4.78, 5) is 0. The highest BCUT2D eigenvalue weighted by Crippen LogP contribution is 2.25. The molecule has 0 aromatic heterocycles. The summed E-state index contributed by atoms with van der Waals surface area (Å²) in [7, 11) is 1.81. The van der Waals surface area contributed by atoms with Crippen molar-refractivity contribution in [2.45, 2.75) is 65.6 Å². The average Bonchev–Trinajstić information content (AvgIpc) is 2.36. The number of rotatable bonds is 8. The lowest BCUT2D eigenvalue weighted by atomic mass is 9.92. The second kappa shape index (κ2) is 8.23. The normalized spacial score (nSPS) is 24.9. The zero-order valence-electron chi connectivity index (χ0n) is 13.5. The van der Waals surface area contributed by atoms with E-state index >= 15 is 0 Å². The van der Waals surface area contributed by atoms with Gasteiger partial charge < -0.3 is 14.8 Å². The third kappa shape index (κ3) is 7.28. The Bertz CT molecular complexity index is 241. The van der Waals surface area contributed by atoms with Gasteiger partial charge in [-0.1, -0.05) is 27.7 Å². The lowest BCUT2D eigenvalue weighted by Gasteiger charge is -2.32. The van der Waals surface area contributed by atoms with Crippen molar-refractivity contribution in [2.75, 3.05) is 26.8 Å². The molecule has 0 radical (unpaired) electrons. The highest BCUT2D eigenvalue weighted by Gasteiger charge is 2.25. The minimum atomic E-state index is 0.203. The molecule has 1 aliphatic rings. The first-order chi connectivity index (χ1) is 8.93. The van der Waals surface area contributed by atoms with E-state index in [2.05, 4.69) is 33.0 Å². The Morgan fingerprint density at radius 2 is 1.89 bits per heavy atom. The van der Waals surface area contributed by atoms with Crippen LogP contribution in [0.5, 0.6) is 0 Å². The van der Waals surface area contributed by atoms with Gasteiger partial charge >= 0.3 is 0 Å². The molecule has 0 saturated heterocycles. The average molecular weight is 271 g/mol. The first kappa shape index (κ1) is 16.9. The Morgan fingerprint density at radius 3 is 2.53 bits per heavy atom. The molecule has 0 aliphatic heterocycles. The van der Waals surface area contributed by atoms with Crippen molar-refractivity contribution in [1.29, 1.82) is 0 Å². The molecule has 0 amide bonds. The molecular formula is C16H33NO2. The molecule has 1 saturated carbocycles. The Kier molecular flexibility index (Phi) is 7.33. The molecule has 0 aromatic rings. The molecule has 1 fully saturated rings. The minimum absolute atomic E-state index is 0.203. The first-order valence-electron chi connectivity index (χ1n) is 7.78. The highest BCUT2D eigenvalue weighted by molar-refractivity contribution is 4.76. The summed E-state index contributed by atoms with van der Waals surface area (Å²) >= 11 is 0. The third-order valence-corrected chi connectivity index (χ3v) is 3.78. The van der Waals surface area contributed by atoms with Crippen molar-refractivity contribution in [2.24, 2.45) is 11.3 Å². The third-order valence-electron chi connectivity index (χ3n) is 3.78. The first-order valence-corrected chi connectivity index (χ1v) is 7.78. The van der Waals surface area contributed by atoms with Crippen LogP contribution < -0.4 is 5.32 Å². The van der Waals surface area contributed by atoms with Crippen LogP contribution in [-0.2, 0) is 9.47 Å². The molecule has 0 bridgehead atoms. The van der Waals surface area contributed by atoms with E-state index in [-0.39, 0.29) is 5.41 Å². The van der Waals surface area contributed by atoms with Crippen molar-refractivity contribution in [3.63, 3.8) is 0 Å². The summed E-state index contributed by atoms with van der Waals surface area (Å²) in [6.45, 7) is 12.0. The van der Waals surface area contributed by atoms with Crippen molar-refractivity contribution in [3.05, 3.63) is 0 Å². The standard InChI is InChI=1S/C16H33NO2/c1-13(2)10-17-11-16(3,4)12-19-15-8-6-7-14(9-15)18-5/h13-15,17H,6-12H2,1-5H3. The zero-order chi connectivity index (χ0) is 14.3. The second-order valence-electron chi connectivity index (χ2n) is 7.15. The fraction of sp³-hybridized carbons (Fsp3) is 1.00. The van der Waals surface area contributed by atoms with Gasteiger partial charge in [0.05, 0.1) is 18.8 Å². The Morgan fingerprint density at radius 1 is 1.21 bits per heavy atom. The van der Waals surface area contributed by atoms with Gasteiger partial charge in [-0.3, -0.25) is 0 Å². The van der Waals surface area contributed by atoms with Gasteiger partial charge in [0.1, 0.15) is 0 Å². The highest BCUT2D eigenvalue weighted by atomic mass is 16.5. The second-order valence-corrected chi connectivity index (χ2v) is 7.15. The van der Waals surface area contributed by atoms with Crippen LogP contribution >= 0.6 is 0 Å². The summed E-state index contributed by atoms with van der Waals surface area (Å²) in [6, 6.07) is 0. The van der Waals surface area contributed by atoms with Crippen LogP contribution in [0.1, 0.15) is 53.4 Å². The predicted molar refractivity (Wildman–Crippen MR) is 80.5 cm³/mol. The SMILES string of the molecule is COC1CCCC(OCC(C)(C)CNCC(C)C)C1. The summed E-state index contributed by atoms with van der Waals surface area (Å²) in [5.41, 5.74) is 0.203. The number of hydrogen-bond acceptors (Lipinski definition) is 3. The van der Waals surface area contributed by atoms with Crippen molar-refractivity contribution >= 4 is 0 Å². The molecule has 114 valence electrons. The van der Waals surface area contributed by atoms with Gasteiger partial charge in [0.15, 0.2) is 0 Å². The molecular weight excluding hydrogens is 238 g/mol. The van der Waals surface area contributed by atoms with E-state index in [0.717, 1.165) is 26.1 Å². The molecule has 1 N–H and O–H groups in total. The quantitative estimate of drug-likeness (QED) is 0.735. The molecule has 0 heterocycles. The Balaban J connectivity index is 2.22. The van der Waals surface area contributed by atoms with Gasteiger partial charge in [0.2, 0.25) is 0 Å². The van der Waals surface area contributed by atoms with E-state index in [4.69, 9.17) is 9.47 Å². The molecule has 2 unspecified atom stereocenters. The smallest absolute Gasteiger partial charge is 0.0600 e. The number of methoxy groups -OCH3 is 1. The van der Waals surface area contributed by atoms with Crippen LogP contribution in [-0.4, -0.2) is 39.0 Å². The molecule has 3 nitrogen and oxygen atoms in total. The lowest BCUT2D eigenvalue weighted by molar-refractivity contribution is -0.0525. The fourth-order valence-electron chi connectivity index (χ4n) is 2.56. The molecule has 2 atom stereocenters. The van der Waals surface area contributed by atoms with Crippen molar-refractivity contribution in [1.82, 2.24) is 5.32 Å². The minimum Gasteiger partial charge on any atom is -0.381 e. The maximum Gasteiger partial charge on any atom is 0.0600 e. The van der Waals surface area contributed by atoms with Crippen LogP contribution in [0, 0.1) is 11.3 Å². The topological polar surface area (TPSA) is 30.5 Å². The van der Waals surface area contributed by atoms with E-state index in [1.54, 1.807) is 0 Å².